The summed E-state index contributed by atoms with van der Waals surface area (Å²) in [5.74, 6) is -1.74. The molecule has 1 aromatic heterocycles. The highest BCUT2D eigenvalue weighted by Gasteiger charge is 2.34. The number of nitrogens with zero attached hydrogens (tertiary/aromatic N) is 1. The Bertz CT molecular complexity index is 892. The maximum atomic E-state index is 13.0. The van der Waals surface area contributed by atoms with Crippen molar-refractivity contribution in [1.82, 2.24) is 4.98 Å². The van der Waals surface area contributed by atoms with Crippen LogP contribution < -0.4 is 0 Å². The van der Waals surface area contributed by atoms with Gasteiger partial charge in [-0.2, -0.15) is 0 Å². The number of allylic oxidation sites excluding steroid dienone is 1. The van der Waals surface area contributed by atoms with Gasteiger partial charge in [-0.3, -0.25) is 9.59 Å². The lowest BCUT2D eigenvalue weighted by molar-refractivity contribution is -0.151. The Morgan fingerprint density at radius 3 is 2.51 bits per heavy atom. The zero-order chi connectivity index (χ0) is 26.1. The molecule has 2 rings (SSSR count). The highest BCUT2D eigenvalue weighted by atomic mass is 32.1. The summed E-state index contributed by atoms with van der Waals surface area (Å²) in [6.07, 6.45) is 7.80. The van der Waals surface area contributed by atoms with Gasteiger partial charge < -0.3 is 14.9 Å². The van der Waals surface area contributed by atoms with Crippen molar-refractivity contribution >= 4 is 29.2 Å². The molecular weight excluding hydrogens is 462 g/mol. The zero-order valence-corrected chi connectivity index (χ0v) is 22.9. The highest BCUT2D eigenvalue weighted by molar-refractivity contribution is 7.09. The van der Waals surface area contributed by atoms with Crippen LogP contribution in [0.15, 0.2) is 23.1 Å². The number of Topliss-reactive ketones (excluding diaryl/α,β-unsaturated/α-hetero) is 1. The van der Waals surface area contributed by atoms with Gasteiger partial charge in [0.05, 0.1) is 29.3 Å². The number of aromatic nitrogens is 1. The van der Waals surface area contributed by atoms with Gasteiger partial charge in [-0.05, 0) is 56.6 Å². The fourth-order valence-electron chi connectivity index (χ4n) is 4.73. The van der Waals surface area contributed by atoms with Gasteiger partial charge in [0.1, 0.15) is 11.9 Å². The molecule has 0 saturated carbocycles. The Morgan fingerprint density at radius 1 is 1.14 bits per heavy atom. The van der Waals surface area contributed by atoms with E-state index in [1.54, 1.807) is 25.2 Å². The topological polar surface area (TPSA) is 96.7 Å². The quantitative estimate of drug-likeness (QED) is 0.406. The summed E-state index contributed by atoms with van der Waals surface area (Å²) in [6, 6.07) is 0. The third kappa shape index (κ3) is 9.28. The van der Waals surface area contributed by atoms with E-state index in [9.17, 15) is 19.8 Å². The fraction of sp³-hybridized carbons (Fsp3) is 0.679. The van der Waals surface area contributed by atoms with Crippen LogP contribution in [0.3, 0.4) is 0 Å². The maximum absolute atomic E-state index is 13.0. The molecule has 7 atom stereocenters. The number of hydrogen-bond donors (Lipinski definition) is 2. The van der Waals surface area contributed by atoms with Gasteiger partial charge in [0.2, 0.25) is 0 Å². The van der Waals surface area contributed by atoms with Crippen LogP contribution in [0.25, 0.3) is 6.08 Å². The molecule has 196 valence electrons. The minimum Gasteiger partial charge on any atom is -0.457 e. The Hall–Kier alpha value is -1.83. The van der Waals surface area contributed by atoms with Crippen molar-refractivity contribution in [2.24, 2.45) is 23.7 Å². The summed E-state index contributed by atoms with van der Waals surface area (Å²) in [6.45, 7) is 11.4. The number of ketones is 1. The molecule has 1 aliphatic rings. The van der Waals surface area contributed by atoms with Crippen LogP contribution >= 0.6 is 11.3 Å². The first-order valence-corrected chi connectivity index (χ1v) is 13.7. The minimum atomic E-state index is -1.17. The van der Waals surface area contributed by atoms with Crippen LogP contribution in [0, 0.1) is 30.6 Å². The summed E-state index contributed by atoms with van der Waals surface area (Å²) < 4.78 is 5.77. The fourth-order valence-corrected chi connectivity index (χ4v) is 5.30. The normalized spacial score (nSPS) is 33.1. The van der Waals surface area contributed by atoms with Gasteiger partial charge >= 0.3 is 5.97 Å². The summed E-state index contributed by atoms with van der Waals surface area (Å²) in [5, 5.41) is 24.4. The molecule has 0 unspecified atom stereocenters. The second kappa shape index (κ2) is 14.0. The molecule has 2 heterocycles. The maximum Gasteiger partial charge on any atom is 0.309 e. The van der Waals surface area contributed by atoms with Crippen LogP contribution in [0.4, 0.5) is 0 Å². The first-order valence-electron chi connectivity index (χ1n) is 12.8. The van der Waals surface area contributed by atoms with Crippen LogP contribution in [0.5, 0.6) is 0 Å². The predicted octanol–water partition coefficient (Wildman–Crippen LogP) is 5.51. The number of aliphatic hydroxyl groups excluding tert-OH is 2. The highest BCUT2D eigenvalue weighted by Crippen LogP contribution is 2.27. The number of aryl methyl sites for hydroxylation is 1. The largest absolute Gasteiger partial charge is 0.457 e. The van der Waals surface area contributed by atoms with Crippen LogP contribution in [0.2, 0.25) is 0 Å². The van der Waals surface area contributed by atoms with Gasteiger partial charge in [-0.15, -0.1) is 11.3 Å². The molecule has 0 amide bonds. The molecular formula is C28H43NO5S. The standard InChI is InChI=1S/C28H43NO5S/c1-17-11-9-7-8-10-12-25(18(2)14-23-16-35-22(6)29-23)34-26(31)15-24(30)20(4)28(33)21(5)27(32)19(3)13-17/h8,10,14,16-17,19-21,24-25,27,30,32H,7,9,11-13,15H2,1-6H3/t17-,19+,20-,21-,24+,25+,27+/m1/s1. The molecule has 0 saturated heterocycles. The van der Waals surface area contributed by atoms with Crippen molar-refractivity contribution in [3.8, 4) is 0 Å². The van der Waals surface area contributed by atoms with Crippen molar-refractivity contribution in [3.63, 3.8) is 0 Å². The Labute approximate surface area is 214 Å². The van der Waals surface area contributed by atoms with Gasteiger partial charge in [0, 0.05) is 23.6 Å². The number of thiazole rings is 1. The number of hydrogen-bond acceptors (Lipinski definition) is 7. The number of ether oxygens (including phenoxy) is 1. The molecule has 0 aliphatic carbocycles. The third-order valence-corrected chi connectivity index (χ3v) is 7.89. The number of carbonyl (C=O) groups is 2. The molecule has 0 spiro atoms. The molecule has 6 nitrogen and oxygen atoms in total. The molecule has 1 aliphatic heterocycles. The average Bonchev–Trinajstić information content (AvgIpc) is 3.21. The number of cyclic esters (lactones) is 1. The monoisotopic (exact) mass is 505 g/mol. The molecule has 0 aromatic carbocycles. The molecule has 0 radical (unpaired) electrons. The first-order chi connectivity index (χ1) is 16.5. The van der Waals surface area contributed by atoms with E-state index < -0.39 is 36.1 Å². The number of rotatable bonds is 2. The first kappa shape index (κ1) is 29.4. The van der Waals surface area contributed by atoms with E-state index in [2.05, 4.69) is 18.0 Å². The summed E-state index contributed by atoms with van der Waals surface area (Å²) in [5.41, 5.74) is 1.71. The van der Waals surface area contributed by atoms with Crippen LogP contribution in [-0.4, -0.2) is 45.3 Å². The minimum absolute atomic E-state index is 0.0234. The lowest BCUT2D eigenvalue weighted by Gasteiger charge is -2.29. The lowest BCUT2D eigenvalue weighted by atomic mass is 9.80. The van der Waals surface area contributed by atoms with Gasteiger partial charge in [-0.1, -0.05) is 46.3 Å². The number of carbonyl (C=O) groups excluding carboxylic acids is 2. The van der Waals surface area contributed by atoms with Crippen molar-refractivity contribution in [1.29, 1.82) is 0 Å². The van der Waals surface area contributed by atoms with Crippen molar-refractivity contribution in [2.45, 2.75) is 98.4 Å². The van der Waals surface area contributed by atoms with Crippen molar-refractivity contribution < 1.29 is 24.5 Å². The smallest absolute Gasteiger partial charge is 0.309 e. The van der Waals surface area contributed by atoms with Crippen LogP contribution in [0.1, 0.15) is 83.8 Å². The van der Waals surface area contributed by atoms with E-state index >= 15 is 0 Å². The predicted molar refractivity (Wildman–Crippen MR) is 141 cm³/mol. The van der Waals surface area contributed by atoms with E-state index in [0.717, 1.165) is 42.0 Å². The van der Waals surface area contributed by atoms with Gasteiger partial charge in [-0.25, -0.2) is 4.98 Å². The molecule has 2 N–H and O–H groups in total. The zero-order valence-electron chi connectivity index (χ0n) is 22.1. The Balaban J connectivity index is 2.22. The van der Waals surface area contributed by atoms with Crippen molar-refractivity contribution in [3.05, 3.63) is 33.8 Å². The van der Waals surface area contributed by atoms with Crippen molar-refractivity contribution in [2.75, 3.05) is 0 Å². The third-order valence-electron chi connectivity index (χ3n) is 7.10. The molecule has 35 heavy (non-hydrogen) atoms. The van der Waals surface area contributed by atoms with Crippen LogP contribution in [-0.2, 0) is 14.3 Å². The molecule has 1 aromatic rings. The second-order valence-electron chi connectivity index (χ2n) is 10.4. The van der Waals surface area contributed by atoms with E-state index in [-0.39, 0.29) is 18.1 Å². The van der Waals surface area contributed by atoms with E-state index in [1.165, 1.54) is 0 Å². The number of aliphatic hydroxyl groups is 2. The lowest BCUT2D eigenvalue weighted by Crippen LogP contribution is -2.39. The number of esters is 1. The van der Waals surface area contributed by atoms with Gasteiger partial charge in [0.15, 0.2) is 0 Å². The Kier molecular flexibility index (Phi) is 11.8. The molecule has 0 fully saturated rings. The average molecular weight is 506 g/mol. The summed E-state index contributed by atoms with van der Waals surface area (Å²) in [7, 11) is 0. The van der Waals surface area contributed by atoms with E-state index in [1.807, 2.05) is 38.3 Å². The van der Waals surface area contributed by atoms with Gasteiger partial charge in [0.25, 0.3) is 0 Å². The van der Waals surface area contributed by atoms with E-state index in [4.69, 9.17) is 4.74 Å². The summed E-state index contributed by atoms with van der Waals surface area (Å²) in [4.78, 5) is 30.2. The molecule has 7 heteroatoms. The second-order valence-corrected chi connectivity index (χ2v) is 11.4. The molecule has 0 bridgehead atoms. The SMILES string of the molecule is CC(=Cc1csc(C)n1)[C@@H]1CC=CCCC[C@@H](C)C[C@H](C)[C@H](O)[C@@H](C)C(=O)[C@H](C)[C@@H](O)CC(=O)O1. The Morgan fingerprint density at radius 2 is 1.86 bits per heavy atom. The summed E-state index contributed by atoms with van der Waals surface area (Å²) >= 11 is 1.56. The van der Waals surface area contributed by atoms with E-state index in [0.29, 0.717) is 12.3 Å².